The first-order chi connectivity index (χ1) is 11.5. The first-order valence-electron chi connectivity index (χ1n) is 7.33. The van der Waals surface area contributed by atoms with E-state index < -0.39 is 16.0 Å². The molecule has 0 aliphatic rings. The molecule has 24 heavy (non-hydrogen) atoms. The number of nitrogens with one attached hydrogen (secondary N) is 1. The number of hydrogen-bond acceptors (Lipinski definition) is 5. The van der Waals surface area contributed by atoms with Crippen molar-refractivity contribution in [3.63, 3.8) is 0 Å². The maximum atomic E-state index is 12.1. The lowest BCUT2D eigenvalue weighted by Crippen LogP contribution is -2.20. The second-order valence-corrected chi connectivity index (χ2v) is 6.85. The Balaban J connectivity index is 2.04. The Labute approximate surface area is 141 Å². The number of anilines is 1. The van der Waals surface area contributed by atoms with Crippen LogP contribution in [0, 0.1) is 0 Å². The number of carbonyl (C=O) groups excluding carboxylic acids is 1. The summed E-state index contributed by atoms with van der Waals surface area (Å²) in [5.41, 5.74) is 1.13. The molecule has 0 aromatic heterocycles. The maximum Gasteiger partial charge on any atom is 0.306 e. The number of hydrogen-bond donors (Lipinski definition) is 1. The summed E-state index contributed by atoms with van der Waals surface area (Å²) in [4.78, 5) is 11.1. The highest BCUT2D eigenvalue weighted by Crippen LogP contribution is 2.19. The Hall–Kier alpha value is -2.54. The van der Waals surface area contributed by atoms with E-state index in [1.807, 2.05) is 30.3 Å². The van der Waals surface area contributed by atoms with Crippen molar-refractivity contribution in [3.8, 4) is 5.75 Å². The molecule has 0 bridgehead atoms. The molecule has 0 spiro atoms. The smallest absolute Gasteiger partial charge is 0.306 e. The Morgan fingerprint density at radius 1 is 1.04 bits per heavy atom. The number of rotatable bonds is 8. The van der Waals surface area contributed by atoms with Gasteiger partial charge in [0.15, 0.2) is 0 Å². The van der Waals surface area contributed by atoms with E-state index in [2.05, 4.69) is 9.46 Å². The van der Waals surface area contributed by atoms with Gasteiger partial charge in [0.1, 0.15) is 12.4 Å². The van der Waals surface area contributed by atoms with Crippen molar-refractivity contribution >= 4 is 21.7 Å². The molecule has 0 amide bonds. The van der Waals surface area contributed by atoms with Crippen molar-refractivity contribution in [3.05, 3.63) is 60.2 Å². The van der Waals surface area contributed by atoms with Crippen LogP contribution in [0.25, 0.3) is 0 Å². The molecule has 6 nitrogen and oxygen atoms in total. The molecule has 2 rings (SSSR count). The van der Waals surface area contributed by atoms with Crippen molar-refractivity contribution in [1.29, 1.82) is 0 Å². The van der Waals surface area contributed by atoms with Crippen molar-refractivity contribution < 1.29 is 22.7 Å². The van der Waals surface area contributed by atoms with Gasteiger partial charge in [-0.3, -0.25) is 9.52 Å². The van der Waals surface area contributed by atoms with Crippen LogP contribution in [0.15, 0.2) is 54.6 Å². The minimum Gasteiger partial charge on any atom is -0.489 e. The largest absolute Gasteiger partial charge is 0.489 e. The highest BCUT2D eigenvalue weighted by atomic mass is 32.2. The van der Waals surface area contributed by atoms with Gasteiger partial charge >= 0.3 is 5.97 Å². The second kappa shape index (κ2) is 8.35. The number of ether oxygens (including phenoxy) is 2. The number of carbonyl (C=O) groups is 1. The van der Waals surface area contributed by atoms with Crippen molar-refractivity contribution in [1.82, 2.24) is 0 Å². The average Bonchev–Trinajstić information content (AvgIpc) is 2.59. The molecule has 7 heteroatoms. The van der Waals surface area contributed by atoms with Gasteiger partial charge in [-0.1, -0.05) is 36.4 Å². The molecule has 128 valence electrons. The summed E-state index contributed by atoms with van der Waals surface area (Å²) in [6.45, 7) is 0.222. The molecule has 0 aliphatic heterocycles. The Bertz CT molecular complexity index is 775. The lowest BCUT2D eigenvalue weighted by molar-refractivity contribution is -0.140. The van der Waals surface area contributed by atoms with Crippen LogP contribution in [-0.2, 0) is 26.2 Å². The molecule has 0 heterocycles. The summed E-state index contributed by atoms with van der Waals surface area (Å²) >= 11 is 0. The molecule has 0 radical (unpaired) electrons. The van der Waals surface area contributed by atoms with Crippen LogP contribution in [-0.4, -0.2) is 27.2 Å². The third-order valence-electron chi connectivity index (χ3n) is 3.22. The van der Waals surface area contributed by atoms with Crippen LogP contribution in [0.2, 0.25) is 0 Å². The fourth-order valence-electron chi connectivity index (χ4n) is 1.96. The van der Waals surface area contributed by atoms with E-state index in [-0.39, 0.29) is 18.8 Å². The zero-order chi connectivity index (χ0) is 17.4. The standard InChI is InChI=1S/C17H19NO5S/c1-22-17(19)11-12-24(20,21)18-16-10-6-5-7-14(16)13-23-15-8-3-2-4-9-15/h2-10,18H,11-13H2,1H3. The minimum absolute atomic E-state index is 0.200. The SMILES string of the molecule is COC(=O)CCS(=O)(=O)Nc1ccccc1COc1ccccc1. The van der Waals surface area contributed by atoms with Gasteiger partial charge in [0.25, 0.3) is 0 Å². The molecule has 0 saturated carbocycles. The molecule has 0 saturated heterocycles. The Kier molecular flexibility index (Phi) is 6.20. The van der Waals surface area contributed by atoms with Crippen molar-refractivity contribution in [2.45, 2.75) is 13.0 Å². The molecule has 0 atom stereocenters. The van der Waals surface area contributed by atoms with E-state index in [9.17, 15) is 13.2 Å². The fourth-order valence-corrected chi connectivity index (χ4v) is 3.03. The second-order valence-electron chi connectivity index (χ2n) is 5.01. The van der Waals surface area contributed by atoms with Crippen LogP contribution < -0.4 is 9.46 Å². The van der Waals surface area contributed by atoms with E-state index in [4.69, 9.17) is 4.74 Å². The summed E-state index contributed by atoms with van der Waals surface area (Å²) in [7, 11) is -2.43. The van der Waals surface area contributed by atoms with Crippen LogP contribution in [0.3, 0.4) is 0 Å². The van der Waals surface area contributed by atoms with Gasteiger partial charge in [-0.25, -0.2) is 8.42 Å². The van der Waals surface area contributed by atoms with Gasteiger partial charge in [-0.05, 0) is 18.2 Å². The molecular formula is C17H19NO5S. The normalized spacial score (nSPS) is 10.9. The van der Waals surface area contributed by atoms with Crippen LogP contribution >= 0.6 is 0 Å². The zero-order valence-corrected chi connectivity index (χ0v) is 14.1. The molecule has 2 aromatic carbocycles. The highest BCUT2D eigenvalue weighted by molar-refractivity contribution is 7.92. The molecule has 2 aromatic rings. The topological polar surface area (TPSA) is 81.7 Å². The third-order valence-corrected chi connectivity index (χ3v) is 4.50. The number of esters is 1. The van der Waals surface area contributed by atoms with Gasteiger partial charge in [0, 0.05) is 5.56 Å². The van der Waals surface area contributed by atoms with Gasteiger partial charge < -0.3 is 9.47 Å². The predicted octanol–water partition coefficient (Wildman–Crippen LogP) is 2.57. The Morgan fingerprint density at radius 2 is 1.71 bits per heavy atom. The van der Waals surface area contributed by atoms with Crippen molar-refractivity contribution in [2.75, 3.05) is 17.6 Å². The van der Waals surface area contributed by atoms with Crippen LogP contribution in [0.5, 0.6) is 5.75 Å². The highest BCUT2D eigenvalue weighted by Gasteiger charge is 2.15. The predicted molar refractivity (Wildman–Crippen MR) is 91.3 cm³/mol. The van der Waals surface area contributed by atoms with Crippen LogP contribution in [0.4, 0.5) is 5.69 Å². The quantitative estimate of drug-likeness (QED) is 0.741. The minimum atomic E-state index is -3.65. The first-order valence-corrected chi connectivity index (χ1v) is 8.98. The number of methoxy groups -OCH3 is 1. The summed E-state index contributed by atoms with van der Waals surface area (Å²) in [6, 6.07) is 16.2. The zero-order valence-electron chi connectivity index (χ0n) is 13.3. The molecule has 1 N–H and O–H groups in total. The Morgan fingerprint density at radius 3 is 2.42 bits per heavy atom. The summed E-state index contributed by atoms with van der Waals surface area (Å²) in [5.74, 6) is -0.213. The van der Waals surface area contributed by atoms with E-state index in [1.54, 1.807) is 24.3 Å². The number of benzene rings is 2. The lowest BCUT2D eigenvalue weighted by Gasteiger charge is -2.13. The maximum absolute atomic E-state index is 12.1. The summed E-state index contributed by atoms with van der Waals surface area (Å²) in [6.07, 6.45) is -0.200. The third kappa shape index (κ3) is 5.58. The van der Waals surface area contributed by atoms with E-state index in [0.29, 0.717) is 17.0 Å². The van der Waals surface area contributed by atoms with E-state index in [1.165, 1.54) is 7.11 Å². The molecule has 0 aliphatic carbocycles. The van der Waals surface area contributed by atoms with Gasteiger partial charge in [-0.2, -0.15) is 0 Å². The molecule has 0 unspecified atom stereocenters. The summed E-state index contributed by atoms with van der Waals surface area (Å²) in [5, 5.41) is 0. The summed E-state index contributed by atoms with van der Waals surface area (Å²) < 4.78 is 36.8. The molecule has 0 fully saturated rings. The average molecular weight is 349 g/mol. The molecular weight excluding hydrogens is 330 g/mol. The monoisotopic (exact) mass is 349 g/mol. The van der Waals surface area contributed by atoms with Crippen LogP contribution in [0.1, 0.15) is 12.0 Å². The number of sulfonamides is 1. The van der Waals surface area contributed by atoms with E-state index >= 15 is 0 Å². The van der Waals surface area contributed by atoms with Gasteiger partial charge in [0.05, 0.1) is 25.0 Å². The fraction of sp³-hybridized carbons (Fsp3) is 0.235. The van der Waals surface area contributed by atoms with Gasteiger partial charge in [-0.15, -0.1) is 0 Å². The van der Waals surface area contributed by atoms with E-state index in [0.717, 1.165) is 0 Å². The first kappa shape index (κ1) is 17.8. The van der Waals surface area contributed by atoms with Crippen molar-refractivity contribution in [2.24, 2.45) is 0 Å². The number of para-hydroxylation sites is 2. The van der Waals surface area contributed by atoms with Gasteiger partial charge in [0.2, 0.25) is 10.0 Å². The lowest BCUT2D eigenvalue weighted by atomic mass is 10.2.